The number of esters is 1. The van der Waals surface area contributed by atoms with Crippen LogP contribution in [0.3, 0.4) is 0 Å². The molecule has 2 unspecified atom stereocenters. The number of rotatable bonds is 4. The molecular weight excluding hydrogens is 334 g/mol. The van der Waals surface area contributed by atoms with E-state index < -0.39 is 24.0 Å². The van der Waals surface area contributed by atoms with Crippen molar-refractivity contribution < 1.29 is 19.1 Å². The monoisotopic (exact) mass is 355 g/mol. The minimum atomic E-state index is -0.872. The number of amides is 1. The molecule has 0 saturated carbocycles. The van der Waals surface area contributed by atoms with Crippen LogP contribution in [0.1, 0.15) is 32.4 Å². The second kappa shape index (κ2) is 7.03. The molecule has 7 nitrogen and oxygen atoms in total. The van der Waals surface area contributed by atoms with E-state index in [2.05, 4.69) is 4.98 Å². The van der Waals surface area contributed by atoms with E-state index in [-0.39, 0.29) is 17.7 Å². The van der Waals surface area contributed by atoms with Crippen LogP contribution in [0.2, 0.25) is 0 Å². The number of nitrogens with zero attached hydrogens (tertiary/aromatic N) is 2. The summed E-state index contributed by atoms with van der Waals surface area (Å²) in [5.74, 6) is -0.0767. The van der Waals surface area contributed by atoms with E-state index in [1.54, 1.807) is 45.0 Å². The maximum atomic E-state index is 13.1. The highest BCUT2D eigenvalue weighted by atomic mass is 16.5. The molecule has 7 heteroatoms. The predicted octanol–water partition coefficient (Wildman–Crippen LogP) is 2.47. The zero-order valence-corrected chi connectivity index (χ0v) is 14.9. The van der Waals surface area contributed by atoms with Gasteiger partial charge in [-0.2, -0.15) is 0 Å². The minimum absolute atomic E-state index is 0.218. The summed E-state index contributed by atoms with van der Waals surface area (Å²) in [6.45, 7) is 5.11. The molecule has 0 bridgehead atoms. The molecule has 3 rings (SSSR count). The first-order valence-corrected chi connectivity index (χ1v) is 8.40. The minimum Gasteiger partial charge on any atom is -0.472 e. The Morgan fingerprint density at radius 3 is 2.54 bits per heavy atom. The van der Waals surface area contributed by atoms with Gasteiger partial charge in [-0.3, -0.25) is 9.69 Å². The van der Waals surface area contributed by atoms with Crippen molar-refractivity contribution in [2.24, 2.45) is 0 Å². The molecule has 0 fully saturated rings. The molecule has 0 saturated heterocycles. The quantitative estimate of drug-likeness (QED) is 0.847. The lowest BCUT2D eigenvalue weighted by Crippen LogP contribution is -2.50. The summed E-state index contributed by atoms with van der Waals surface area (Å²) in [6, 6.07) is 11.5. The maximum Gasteiger partial charge on any atom is 0.329 e. The van der Waals surface area contributed by atoms with Crippen molar-refractivity contribution in [3.8, 4) is 5.75 Å². The predicted molar refractivity (Wildman–Crippen MR) is 96.6 cm³/mol. The van der Waals surface area contributed by atoms with Crippen LogP contribution in [0.4, 0.5) is 11.6 Å². The van der Waals surface area contributed by atoms with Gasteiger partial charge in [0.1, 0.15) is 11.9 Å². The van der Waals surface area contributed by atoms with E-state index in [4.69, 9.17) is 15.2 Å². The molecule has 2 N–H and O–H groups in total. The molecule has 2 atom stereocenters. The highest BCUT2D eigenvalue weighted by Crippen LogP contribution is 2.39. The number of benzene rings is 1. The van der Waals surface area contributed by atoms with Gasteiger partial charge < -0.3 is 15.2 Å². The maximum absolute atomic E-state index is 13.1. The van der Waals surface area contributed by atoms with Crippen molar-refractivity contribution >= 4 is 23.5 Å². The van der Waals surface area contributed by atoms with Gasteiger partial charge in [0.05, 0.1) is 6.10 Å². The zero-order valence-electron chi connectivity index (χ0n) is 14.9. The zero-order chi connectivity index (χ0) is 18.8. The summed E-state index contributed by atoms with van der Waals surface area (Å²) in [6.07, 6.45) is -1.16. The van der Waals surface area contributed by atoms with E-state index >= 15 is 0 Å². The van der Waals surface area contributed by atoms with Gasteiger partial charge in [-0.25, -0.2) is 9.78 Å². The Kier molecular flexibility index (Phi) is 4.79. The lowest BCUT2D eigenvalue weighted by Gasteiger charge is -2.36. The number of aromatic nitrogens is 1. The van der Waals surface area contributed by atoms with Crippen LogP contribution in [-0.4, -0.2) is 29.0 Å². The number of anilines is 2. The number of hydrogen-bond donors (Lipinski definition) is 1. The Hall–Kier alpha value is -3.09. The average Bonchev–Trinajstić information content (AvgIpc) is 2.61. The van der Waals surface area contributed by atoms with Crippen LogP contribution < -0.4 is 15.4 Å². The van der Waals surface area contributed by atoms with Crippen LogP contribution in [0, 0.1) is 0 Å². The second-order valence-corrected chi connectivity index (χ2v) is 6.34. The summed E-state index contributed by atoms with van der Waals surface area (Å²) in [5, 5.41) is 0. The van der Waals surface area contributed by atoms with Crippen molar-refractivity contribution in [1.29, 1.82) is 0 Å². The fraction of sp³-hybridized carbons (Fsp3) is 0.316. The molecule has 1 aromatic heterocycles. The number of ether oxygens (including phenoxy) is 2. The first-order chi connectivity index (χ1) is 12.4. The fourth-order valence-corrected chi connectivity index (χ4v) is 2.77. The summed E-state index contributed by atoms with van der Waals surface area (Å²) >= 11 is 0. The van der Waals surface area contributed by atoms with E-state index in [0.29, 0.717) is 11.3 Å². The van der Waals surface area contributed by atoms with Crippen LogP contribution >= 0.6 is 0 Å². The average molecular weight is 355 g/mol. The van der Waals surface area contributed by atoms with Gasteiger partial charge in [0.15, 0.2) is 11.6 Å². The molecule has 136 valence electrons. The molecule has 2 heterocycles. The van der Waals surface area contributed by atoms with E-state index in [1.807, 2.05) is 18.2 Å². The number of hydrogen-bond acceptors (Lipinski definition) is 6. The first kappa shape index (κ1) is 17.7. The van der Waals surface area contributed by atoms with E-state index in [0.717, 1.165) is 0 Å². The number of carbonyl (C=O) groups is 2. The SMILES string of the molecule is CC(C)OC(=O)C(C)N1C(=O)C(c2ccccc2)Oc2ccc(N)nc21. The largest absolute Gasteiger partial charge is 0.472 e. The summed E-state index contributed by atoms with van der Waals surface area (Å²) in [7, 11) is 0. The Labute approximate surface area is 151 Å². The second-order valence-electron chi connectivity index (χ2n) is 6.34. The normalized spacial score (nSPS) is 17.5. The molecule has 1 aliphatic heterocycles. The highest BCUT2D eigenvalue weighted by molar-refractivity contribution is 6.04. The van der Waals surface area contributed by atoms with Crippen LogP contribution in [0.15, 0.2) is 42.5 Å². The smallest absolute Gasteiger partial charge is 0.329 e. The molecule has 0 spiro atoms. The fourth-order valence-electron chi connectivity index (χ4n) is 2.77. The summed E-state index contributed by atoms with van der Waals surface area (Å²) in [4.78, 5) is 31.1. The molecule has 1 aliphatic rings. The van der Waals surface area contributed by atoms with E-state index in [9.17, 15) is 9.59 Å². The third-order valence-corrected chi connectivity index (χ3v) is 3.98. The Bertz CT molecular complexity index is 823. The molecule has 26 heavy (non-hydrogen) atoms. The van der Waals surface area contributed by atoms with Gasteiger partial charge in [-0.05, 0) is 32.9 Å². The van der Waals surface area contributed by atoms with Gasteiger partial charge >= 0.3 is 5.97 Å². The van der Waals surface area contributed by atoms with E-state index in [1.165, 1.54) is 4.90 Å². The van der Waals surface area contributed by atoms with Crippen molar-refractivity contribution in [1.82, 2.24) is 4.98 Å². The molecule has 1 aromatic carbocycles. The van der Waals surface area contributed by atoms with Crippen LogP contribution in [0.25, 0.3) is 0 Å². The van der Waals surface area contributed by atoms with Gasteiger partial charge in [0.2, 0.25) is 6.10 Å². The lowest BCUT2D eigenvalue weighted by atomic mass is 10.1. The van der Waals surface area contributed by atoms with Gasteiger partial charge in [-0.1, -0.05) is 30.3 Å². The topological polar surface area (TPSA) is 94.8 Å². The summed E-state index contributed by atoms with van der Waals surface area (Å²) in [5.41, 5.74) is 6.46. The Morgan fingerprint density at radius 1 is 1.19 bits per heavy atom. The molecule has 0 radical (unpaired) electrons. The number of pyridine rings is 1. The van der Waals surface area contributed by atoms with Gasteiger partial charge in [0, 0.05) is 5.56 Å². The van der Waals surface area contributed by atoms with Crippen molar-refractivity contribution in [2.75, 3.05) is 10.6 Å². The van der Waals surface area contributed by atoms with Crippen molar-refractivity contribution in [3.63, 3.8) is 0 Å². The molecule has 0 aliphatic carbocycles. The molecular formula is C19H21N3O4. The Morgan fingerprint density at radius 2 is 1.88 bits per heavy atom. The number of carbonyl (C=O) groups excluding carboxylic acids is 2. The Balaban J connectivity index is 2.04. The highest BCUT2D eigenvalue weighted by Gasteiger charge is 2.41. The third-order valence-electron chi connectivity index (χ3n) is 3.98. The first-order valence-electron chi connectivity index (χ1n) is 8.40. The van der Waals surface area contributed by atoms with Crippen LogP contribution in [-0.2, 0) is 14.3 Å². The molecule has 2 aromatic rings. The number of nitrogens with two attached hydrogens (primary N) is 1. The molecule has 1 amide bonds. The van der Waals surface area contributed by atoms with Gasteiger partial charge in [0.25, 0.3) is 5.91 Å². The van der Waals surface area contributed by atoms with Crippen molar-refractivity contribution in [2.45, 2.75) is 39.0 Å². The third kappa shape index (κ3) is 3.33. The lowest BCUT2D eigenvalue weighted by molar-refractivity contribution is -0.150. The standard InChI is InChI=1S/C19H21N3O4/c1-11(2)25-19(24)12(3)22-17-14(9-10-15(20)21-17)26-16(18(22)23)13-7-5-4-6-8-13/h4-12,16H,1-3H3,(H2,20,21). The van der Waals surface area contributed by atoms with Crippen molar-refractivity contribution in [3.05, 3.63) is 48.0 Å². The number of fused-ring (bicyclic) bond motifs is 1. The number of nitrogen functional groups attached to an aromatic ring is 1. The summed E-state index contributed by atoms with van der Waals surface area (Å²) < 4.78 is 11.1. The van der Waals surface area contributed by atoms with Gasteiger partial charge in [-0.15, -0.1) is 0 Å². The van der Waals surface area contributed by atoms with Crippen LogP contribution in [0.5, 0.6) is 5.75 Å².